The predicted molar refractivity (Wildman–Crippen MR) is 109 cm³/mol. The van der Waals surface area contributed by atoms with Gasteiger partial charge in [0, 0.05) is 52.0 Å². The average molecular weight is 400 g/mol. The van der Waals surface area contributed by atoms with Gasteiger partial charge >= 0.3 is 0 Å². The van der Waals surface area contributed by atoms with E-state index >= 15 is 0 Å². The number of fused-ring (bicyclic) bond motifs is 1. The Balaban J connectivity index is 1.59. The van der Waals surface area contributed by atoms with Crippen molar-refractivity contribution in [2.75, 3.05) is 26.2 Å². The molecule has 1 aromatic carbocycles. The Kier molecular flexibility index (Phi) is 6.32. The van der Waals surface area contributed by atoms with Crippen LogP contribution in [0.25, 0.3) is 10.9 Å². The fourth-order valence-corrected chi connectivity index (χ4v) is 3.78. The number of aromatic nitrogens is 2. The maximum Gasteiger partial charge on any atom is 0.261 e. The predicted octanol–water partition coefficient (Wildman–Crippen LogP) is 1.01. The standard InChI is InChI=1S/C21H28N4O4/c1-3-23(4-2)20(28)21(29)10-13-24(14-11-21)18(26)9-12-25-15-22-17-8-6-5-7-16(17)19(25)27/h5-8,15,29H,3-4,9-14H2,1-2H3. The molecule has 1 fully saturated rings. The van der Waals surface area contributed by atoms with Crippen LogP contribution in [0.4, 0.5) is 0 Å². The summed E-state index contributed by atoms with van der Waals surface area (Å²) in [5, 5.41) is 11.3. The lowest BCUT2D eigenvalue weighted by molar-refractivity contribution is -0.158. The molecule has 2 heterocycles. The molecule has 1 saturated heterocycles. The second-order valence-corrected chi connectivity index (χ2v) is 7.40. The number of aryl methyl sites for hydroxylation is 1. The van der Waals surface area contributed by atoms with Crippen LogP contribution >= 0.6 is 0 Å². The number of carbonyl (C=O) groups is 2. The summed E-state index contributed by atoms with van der Waals surface area (Å²) >= 11 is 0. The third-order valence-corrected chi connectivity index (χ3v) is 5.69. The van der Waals surface area contributed by atoms with Crippen LogP contribution in [0, 0.1) is 0 Å². The van der Waals surface area contributed by atoms with Gasteiger partial charge in [-0.05, 0) is 26.0 Å². The van der Waals surface area contributed by atoms with Crippen LogP contribution in [0.1, 0.15) is 33.1 Å². The molecule has 1 aliphatic heterocycles. The highest BCUT2D eigenvalue weighted by molar-refractivity contribution is 5.85. The van der Waals surface area contributed by atoms with Gasteiger partial charge in [-0.2, -0.15) is 0 Å². The van der Waals surface area contributed by atoms with Crippen LogP contribution in [-0.4, -0.2) is 68.1 Å². The maximum atomic E-state index is 12.6. The largest absolute Gasteiger partial charge is 0.380 e. The van der Waals surface area contributed by atoms with Crippen LogP contribution in [0.2, 0.25) is 0 Å². The molecule has 1 aromatic heterocycles. The van der Waals surface area contributed by atoms with E-state index in [-0.39, 0.29) is 43.2 Å². The SMILES string of the molecule is CCN(CC)C(=O)C1(O)CCN(C(=O)CCn2cnc3ccccc3c2=O)CC1. The molecule has 0 radical (unpaired) electrons. The highest BCUT2D eigenvalue weighted by Gasteiger charge is 2.42. The Hall–Kier alpha value is -2.74. The number of hydrogen-bond acceptors (Lipinski definition) is 5. The number of hydrogen-bond donors (Lipinski definition) is 1. The number of nitrogens with zero attached hydrogens (tertiary/aromatic N) is 4. The minimum absolute atomic E-state index is 0.0950. The number of aliphatic hydroxyl groups is 1. The molecule has 8 heteroatoms. The fraction of sp³-hybridized carbons (Fsp3) is 0.524. The second kappa shape index (κ2) is 8.73. The van der Waals surface area contributed by atoms with Crippen molar-refractivity contribution in [3.8, 4) is 0 Å². The Morgan fingerprint density at radius 2 is 1.83 bits per heavy atom. The van der Waals surface area contributed by atoms with Crippen molar-refractivity contribution < 1.29 is 14.7 Å². The van der Waals surface area contributed by atoms with E-state index in [1.807, 2.05) is 19.9 Å². The van der Waals surface area contributed by atoms with E-state index in [0.29, 0.717) is 37.1 Å². The second-order valence-electron chi connectivity index (χ2n) is 7.40. The molecule has 0 spiro atoms. The molecule has 2 aromatic rings. The number of benzene rings is 1. The van der Waals surface area contributed by atoms with Gasteiger partial charge in [0.05, 0.1) is 17.2 Å². The minimum atomic E-state index is -1.40. The molecule has 0 unspecified atom stereocenters. The van der Waals surface area contributed by atoms with Gasteiger partial charge in [0.2, 0.25) is 5.91 Å². The summed E-state index contributed by atoms with van der Waals surface area (Å²) < 4.78 is 1.45. The molecule has 0 aliphatic carbocycles. The number of likely N-dealkylation sites (tertiary alicyclic amines) is 1. The Labute approximate surface area is 169 Å². The molecule has 8 nitrogen and oxygen atoms in total. The molecule has 1 N–H and O–H groups in total. The summed E-state index contributed by atoms with van der Waals surface area (Å²) in [5.74, 6) is -0.356. The summed E-state index contributed by atoms with van der Waals surface area (Å²) in [5.41, 5.74) is -0.934. The van der Waals surface area contributed by atoms with E-state index in [0.717, 1.165) is 0 Å². The van der Waals surface area contributed by atoms with Gasteiger partial charge in [-0.25, -0.2) is 4.98 Å². The van der Waals surface area contributed by atoms with E-state index < -0.39 is 5.60 Å². The van der Waals surface area contributed by atoms with E-state index in [9.17, 15) is 19.5 Å². The van der Waals surface area contributed by atoms with Crippen LogP contribution in [0.3, 0.4) is 0 Å². The van der Waals surface area contributed by atoms with Crippen molar-refractivity contribution in [1.82, 2.24) is 19.4 Å². The topological polar surface area (TPSA) is 95.7 Å². The molecule has 2 amide bonds. The summed E-state index contributed by atoms with van der Waals surface area (Å²) in [6, 6.07) is 7.11. The first-order chi connectivity index (χ1) is 13.9. The van der Waals surface area contributed by atoms with Gasteiger partial charge < -0.3 is 14.9 Å². The van der Waals surface area contributed by atoms with Crippen molar-refractivity contribution in [2.24, 2.45) is 0 Å². The fourth-order valence-electron chi connectivity index (χ4n) is 3.78. The lowest BCUT2D eigenvalue weighted by Gasteiger charge is -2.39. The van der Waals surface area contributed by atoms with Gasteiger partial charge in [0.1, 0.15) is 5.60 Å². The number of amides is 2. The minimum Gasteiger partial charge on any atom is -0.380 e. The van der Waals surface area contributed by atoms with Crippen molar-refractivity contribution in [2.45, 2.75) is 45.3 Å². The summed E-state index contributed by atoms with van der Waals surface area (Å²) in [7, 11) is 0. The monoisotopic (exact) mass is 400 g/mol. The third-order valence-electron chi connectivity index (χ3n) is 5.69. The van der Waals surface area contributed by atoms with E-state index in [4.69, 9.17) is 0 Å². The zero-order chi connectivity index (χ0) is 21.0. The van der Waals surface area contributed by atoms with Gasteiger partial charge in [-0.15, -0.1) is 0 Å². The van der Waals surface area contributed by atoms with Crippen LogP contribution in [-0.2, 0) is 16.1 Å². The van der Waals surface area contributed by atoms with Crippen LogP contribution < -0.4 is 5.56 Å². The molecular formula is C21H28N4O4. The number of likely N-dealkylation sites (N-methyl/N-ethyl adjacent to an activating group) is 1. The lowest BCUT2D eigenvalue weighted by Crippen LogP contribution is -2.55. The van der Waals surface area contributed by atoms with E-state index in [1.54, 1.807) is 28.0 Å². The molecule has 1 aliphatic rings. The molecule has 156 valence electrons. The first-order valence-electron chi connectivity index (χ1n) is 10.1. The first kappa shape index (κ1) is 21.0. The van der Waals surface area contributed by atoms with Crippen molar-refractivity contribution >= 4 is 22.7 Å². The number of rotatable bonds is 6. The quantitative estimate of drug-likeness (QED) is 0.781. The smallest absolute Gasteiger partial charge is 0.261 e. The van der Waals surface area contributed by atoms with Gasteiger partial charge in [0.25, 0.3) is 11.5 Å². The Morgan fingerprint density at radius 1 is 1.17 bits per heavy atom. The first-order valence-corrected chi connectivity index (χ1v) is 10.1. The van der Waals surface area contributed by atoms with Gasteiger partial charge in [0.15, 0.2) is 0 Å². The lowest BCUT2D eigenvalue weighted by atomic mass is 9.89. The maximum absolute atomic E-state index is 12.6. The number of piperidine rings is 1. The summed E-state index contributed by atoms with van der Waals surface area (Å²) in [4.78, 5) is 45.2. The highest BCUT2D eigenvalue weighted by atomic mass is 16.3. The van der Waals surface area contributed by atoms with Crippen molar-refractivity contribution in [1.29, 1.82) is 0 Å². The normalized spacial score (nSPS) is 16.0. The summed E-state index contributed by atoms with van der Waals surface area (Å²) in [6.07, 6.45) is 2.09. The molecule has 3 rings (SSSR count). The summed E-state index contributed by atoms with van der Waals surface area (Å²) in [6.45, 7) is 5.76. The molecule has 0 saturated carbocycles. The third kappa shape index (κ3) is 4.32. The van der Waals surface area contributed by atoms with E-state index in [1.165, 1.54) is 10.9 Å². The molecule has 0 bridgehead atoms. The van der Waals surface area contributed by atoms with E-state index in [2.05, 4.69) is 4.98 Å². The van der Waals surface area contributed by atoms with Crippen LogP contribution in [0.15, 0.2) is 35.4 Å². The van der Waals surface area contributed by atoms with Crippen molar-refractivity contribution in [3.05, 3.63) is 40.9 Å². The molecule has 29 heavy (non-hydrogen) atoms. The highest BCUT2D eigenvalue weighted by Crippen LogP contribution is 2.25. The van der Waals surface area contributed by atoms with Gasteiger partial charge in [-0.3, -0.25) is 19.0 Å². The zero-order valence-electron chi connectivity index (χ0n) is 17.0. The average Bonchev–Trinajstić information content (AvgIpc) is 2.74. The van der Waals surface area contributed by atoms with Gasteiger partial charge in [-0.1, -0.05) is 12.1 Å². The molecule has 0 atom stereocenters. The number of carbonyl (C=O) groups excluding carboxylic acids is 2. The molecular weight excluding hydrogens is 372 g/mol. The number of para-hydroxylation sites is 1. The Morgan fingerprint density at radius 3 is 2.48 bits per heavy atom. The van der Waals surface area contributed by atoms with Crippen LogP contribution in [0.5, 0.6) is 0 Å². The zero-order valence-corrected chi connectivity index (χ0v) is 17.0. The Bertz CT molecular complexity index is 943. The van der Waals surface area contributed by atoms with Crippen molar-refractivity contribution in [3.63, 3.8) is 0 Å².